The van der Waals surface area contributed by atoms with Gasteiger partial charge in [0.15, 0.2) is 11.6 Å². The first kappa shape index (κ1) is 20.8. The Labute approximate surface area is 154 Å². The Morgan fingerprint density at radius 1 is 1.12 bits per heavy atom. The summed E-state index contributed by atoms with van der Waals surface area (Å²) in [7, 11) is -3.90. The van der Waals surface area contributed by atoms with E-state index in [1.807, 2.05) is 6.92 Å². The van der Waals surface area contributed by atoms with Gasteiger partial charge >= 0.3 is 0 Å². The monoisotopic (exact) mass is 388 g/mol. The lowest BCUT2D eigenvalue weighted by atomic mass is 9.97. The Hall–Kier alpha value is -1.54. The number of amides is 1. The van der Waals surface area contributed by atoms with E-state index in [0.29, 0.717) is 19.2 Å². The molecule has 0 bridgehead atoms. The third-order valence-electron chi connectivity index (χ3n) is 4.83. The third-order valence-corrected chi connectivity index (χ3v) is 6.72. The van der Waals surface area contributed by atoms with Crippen LogP contribution in [0.3, 0.4) is 0 Å². The maximum Gasteiger partial charge on any atom is 0.243 e. The molecule has 0 spiro atoms. The van der Waals surface area contributed by atoms with Crippen LogP contribution in [0.25, 0.3) is 0 Å². The van der Waals surface area contributed by atoms with E-state index in [4.69, 9.17) is 0 Å². The maximum absolute atomic E-state index is 13.4. The van der Waals surface area contributed by atoms with Crippen molar-refractivity contribution < 1.29 is 22.0 Å². The van der Waals surface area contributed by atoms with Gasteiger partial charge in [-0.1, -0.05) is 26.7 Å². The number of piperazine rings is 1. The molecule has 1 aliphatic heterocycles. The summed E-state index contributed by atoms with van der Waals surface area (Å²) < 4.78 is 52.8. The van der Waals surface area contributed by atoms with Gasteiger partial charge in [0, 0.05) is 32.1 Å². The highest BCUT2D eigenvalue weighted by atomic mass is 32.2. The van der Waals surface area contributed by atoms with E-state index < -0.39 is 21.7 Å². The van der Waals surface area contributed by atoms with Gasteiger partial charge in [-0.25, -0.2) is 17.2 Å². The first-order valence-corrected chi connectivity index (χ1v) is 10.5. The molecule has 1 aromatic carbocycles. The highest BCUT2D eigenvalue weighted by molar-refractivity contribution is 7.89. The molecule has 0 aromatic heterocycles. The van der Waals surface area contributed by atoms with Gasteiger partial charge in [0.2, 0.25) is 15.9 Å². The topological polar surface area (TPSA) is 57.7 Å². The van der Waals surface area contributed by atoms with Crippen molar-refractivity contribution in [3.05, 3.63) is 29.8 Å². The van der Waals surface area contributed by atoms with Gasteiger partial charge in [0.05, 0.1) is 4.90 Å². The van der Waals surface area contributed by atoms with Crippen molar-refractivity contribution in [3.8, 4) is 0 Å². The molecule has 26 heavy (non-hydrogen) atoms. The zero-order valence-electron chi connectivity index (χ0n) is 15.2. The van der Waals surface area contributed by atoms with Crippen LogP contribution in [0, 0.1) is 17.6 Å². The van der Waals surface area contributed by atoms with E-state index in [1.54, 1.807) is 4.90 Å². The highest BCUT2D eigenvalue weighted by Crippen LogP contribution is 2.22. The fraction of sp³-hybridized carbons (Fsp3) is 0.611. The van der Waals surface area contributed by atoms with Crippen LogP contribution in [-0.2, 0) is 14.8 Å². The lowest BCUT2D eigenvalue weighted by Crippen LogP contribution is -2.51. The normalized spacial score (nSPS) is 17.3. The van der Waals surface area contributed by atoms with Crippen LogP contribution in [0.1, 0.15) is 39.5 Å². The van der Waals surface area contributed by atoms with E-state index >= 15 is 0 Å². The molecule has 1 fully saturated rings. The quantitative estimate of drug-likeness (QED) is 0.721. The molecular weight excluding hydrogens is 362 g/mol. The number of unbranched alkanes of at least 4 members (excludes halogenated alkanes) is 1. The Kier molecular flexibility index (Phi) is 7.11. The van der Waals surface area contributed by atoms with E-state index in [0.717, 1.165) is 37.8 Å². The minimum absolute atomic E-state index is 0.0238. The average molecular weight is 388 g/mol. The Bertz CT molecular complexity index is 732. The van der Waals surface area contributed by atoms with Crippen molar-refractivity contribution in [2.75, 3.05) is 26.2 Å². The lowest BCUT2D eigenvalue weighted by Gasteiger charge is -2.35. The molecule has 1 unspecified atom stereocenters. The van der Waals surface area contributed by atoms with Crippen molar-refractivity contribution in [1.82, 2.24) is 9.21 Å². The van der Waals surface area contributed by atoms with Gasteiger partial charge in [0.1, 0.15) is 0 Å². The summed E-state index contributed by atoms with van der Waals surface area (Å²) in [5.41, 5.74) is 0. The van der Waals surface area contributed by atoms with Crippen LogP contribution >= 0.6 is 0 Å². The van der Waals surface area contributed by atoms with Crippen LogP contribution in [0.2, 0.25) is 0 Å². The van der Waals surface area contributed by atoms with E-state index in [-0.39, 0.29) is 29.8 Å². The fourth-order valence-corrected chi connectivity index (χ4v) is 4.58. The predicted molar refractivity (Wildman–Crippen MR) is 95.0 cm³/mol. The summed E-state index contributed by atoms with van der Waals surface area (Å²) in [6, 6.07) is 2.56. The molecule has 0 aliphatic carbocycles. The Morgan fingerprint density at radius 3 is 2.31 bits per heavy atom. The molecule has 1 amide bonds. The number of hydrogen-bond donors (Lipinski definition) is 0. The summed E-state index contributed by atoms with van der Waals surface area (Å²) >= 11 is 0. The standard InChI is InChI=1S/C18H26F2N2O3S/c1-3-5-6-14(4-2)18(23)21-9-11-22(12-10-21)26(24,25)15-7-8-16(19)17(20)13-15/h7-8,13-14H,3-6,9-12H2,1-2H3. The van der Waals surface area contributed by atoms with E-state index in [9.17, 15) is 22.0 Å². The summed E-state index contributed by atoms with van der Waals surface area (Å²) in [6.45, 7) is 4.99. The number of carbonyl (C=O) groups is 1. The minimum Gasteiger partial charge on any atom is -0.340 e. The SMILES string of the molecule is CCCCC(CC)C(=O)N1CCN(S(=O)(=O)c2ccc(F)c(F)c2)CC1. The number of sulfonamides is 1. The van der Waals surface area contributed by atoms with Crippen molar-refractivity contribution in [3.63, 3.8) is 0 Å². The molecule has 8 heteroatoms. The van der Waals surface area contributed by atoms with Gasteiger partial charge in [0.25, 0.3) is 0 Å². The average Bonchev–Trinajstić information content (AvgIpc) is 2.64. The van der Waals surface area contributed by atoms with Gasteiger partial charge in [-0.3, -0.25) is 4.79 Å². The van der Waals surface area contributed by atoms with Gasteiger partial charge in [-0.05, 0) is 31.0 Å². The molecule has 0 N–H and O–H groups in total. The minimum atomic E-state index is -3.90. The molecule has 1 heterocycles. The van der Waals surface area contributed by atoms with Crippen LogP contribution in [0.15, 0.2) is 23.1 Å². The first-order valence-electron chi connectivity index (χ1n) is 9.05. The van der Waals surface area contributed by atoms with Gasteiger partial charge < -0.3 is 4.90 Å². The maximum atomic E-state index is 13.4. The van der Waals surface area contributed by atoms with Crippen molar-refractivity contribution >= 4 is 15.9 Å². The molecule has 1 atom stereocenters. The Morgan fingerprint density at radius 2 is 1.77 bits per heavy atom. The van der Waals surface area contributed by atoms with Gasteiger partial charge in [-0.15, -0.1) is 0 Å². The van der Waals surface area contributed by atoms with E-state index in [2.05, 4.69) is 6.92 Å². The number of nitrogens with zero attached hydrogens (tertiary/aromatic N) is 2. The van der Waals surface area contributed by atoms with Crippen LogP contribution in [0.4, 0.5) is 8.78 Å². The Balaban J connectivity index is 2.02. The van der Waals surface area contributed by atoms with Crippen molar-refractivity contribution in [1.29, 1.82) is 0 Å². The predicted octanol–water partition coefficient (Wildman–Crippen LogP) is 3.01. The van der Waals surface area contributed by atoms with E-state index in [1.165, 1.54) is 4.31 Å². The van der Waals surface area contributed by atoms with Crippen molar-refractivity contribution in [2.24, 2.45) is 5.92 Å². The summed E-state index contributed by atoms with van der Waals surface area (Å²) in [4.78, 5) is 14.0. The number of halogens is 2. The number of carbonyl (C=O) groups excluding carboxylic acids is 1. The smallest absolute Gasteiger partial charge is 0.243 e. The molecule has 0 saturated carbocycles. The summed E-state index contributed by atoms with van der Waals surface area (Å²) in [6.07, 6.45) is 3.64. The number of rotatable bonds is 7. The summed E-state index contributed by atoms with van der Waals surface area (Å²) in [5, 5.41) is 0. The number of benzene rings is 1. The third kappa shape index (κ3) is 4.59. The van der Waals surface area contributed by atoms with Crippen LogP contribution < -0.4 is 0 Å². The fourth-order valence-electron chi connectivity index (χ4n) is 3.15. The zero-order valence-corrected chi connectivity index (χ0v) is 16.1. The van der Waals surface area contributed by atoms with Crippen LogP contribution in [-0.4, -0.2) is 49.7 Å². The molecular formula is C18H26F2N2O3S. The second kappa shape index (κ2) is 8.90. The van der Waals surface area contributed by atoms with Crippen LogP contribution in [0.5, 0.6) is 0 Å². The molecule has 2 rings (SSSR count). The molecule has 1 saturated heterocycles. The molecule has 5 nitrogen and oxygen atoms in total. The second-order valence-corrected chi connectivity index (χ2v) is 8.49. The summed E-state index contributed by atoms with van der Waals surface area (Å²) in [5.74, 6) is -2.23. The number of hydrogen-bond acceptors (Lipinski definition) is 3. The zero-order chi connectivity index (χ0) is 19.3. The molecule has 1 aliphatic rings. The highest BCUT2D eigenvalue weighted by Gasteiger charge is 2.32. The van der Waals surface area contributed by atoms with Gasteiger partial charge in [-0.2, -0.15) is 4.31 Å². The van der Waals surface area contributed by atoms with Crippen molar-refractivity contribution in [2.45, 2.75) is 44.4 Å². The molecule has 0 radical (unpaired) electrons. The largest absolute Gasteiger partial charge is 0.340 e. The first-order chi connectivity index (χ1) is 12.3. The second-order valence-electron chi connectivity index (χ2n) is 6.55. The molecule has 1 aromatic rings. The lowest BCUT2D eigenvalue weighted by molar-refractivity contribution is -0.137. The molecule has 146 valence electrons.